The molecule has 2 nitrogen and oxygen atoms in total. The van der Waals surface area contributed by atoms with E-state index in [-0.39, 0.29) is 12.1 Å². The van der Waals surface area contributed by atoms with Gasteiger partial charge in [-0.2, -0.15) is 0 Å². The van der Waals surface area contributed by atoms with Crippen LogP contribution >= 0.6 is 0 Å². The Bertz CT molecular complexity index is 181. The molecule has 0 N–H and O–H groups in total. The summed E-state index contributed by atoms with van der Waals surface area (Å²) in [5, 5.41) is 0. The molecule has 14 heavy (non-hydrogen) atoms. The lowest BCUT2D eigenvalue weighted by Gasteiger charge is -2.06. The normalized spacial score (nSPS) is 11.6. The van der Waals surface area contributed by atoms with Gasteiger partial charge in [0.25, 0.3) is 0 Å². The van der Waals surface area contributed by atoms with Crippen LogP contribution in [0.1, 0.15) is 47.0 Å². The predicted molar refractivity (Wildman–Crippen MR) is 59.1 cm³/mol. The fourth-order valence-electron chi connectivity index (χ4n) is 1.01. The first kappa shape index (κ1) is 13.2. The van der Waals surface area contributed by atoms with Crippen LogP contribution in [0.5, 0.6) is 0 Å². The maximum Gasteiger partial charge on any atom is 0.306 e. The Kier molecular flexibility index (Phi) is 7.17. The molecule has 0 spiro atoms. The predicted octanol–water partition coefficient (Wildman–Crippen LogP) is 3.32. The molecule has 0 fully saturated rings. The van der Waals surface area contributed by atoms with E-state index in [4.69, 9.17) is 4.74 Å². The van der Waals surface area contributed by atoms with E-state index in [0.29, 0.717) is 12.3 Å². The number of hydrogen-bond acceptors (Lipinski definition) is 2. The van der Waals surface area contributed by atoms with Crippen LogP contribution < -0.4 is 0 Å². The van der Waals surface area contributed by atoms with Crippen LogP contribution in [-0.2, 0) is 9.53 Å². The Morgan fingerprint density at radius 3 is 2.36 bits per heavy atom. The topological polar surface area (TPSA) is 26.3 Å². The molecule has 0 radical (unpaired) electrons. The maximum atomic E-state index is 11.1. The van der Waals surface area contributed by atoms with Crippen LogP contribution in [0, 0.1) is 5.92 Å². The molecule has 0 bridgehead atoms. The first-order valence-electron chi connectivity index (χ1n) is 5.36. The molecular weight excluding hydrogens is 176 g/mol. The van der Waals surface area contributed by atoms with Gasteiger partial charge in [-0.1, -0.05) is 26.0 Å². The Labute approximate surface area is 87.3 Å². The minimum atomic E-state index is -0.103. The standard InChI is InChI=1S/C12H22O2/c1-10(2)8-6-5-7-9-12(13)14-11(3)4/h5-6,10-11H,7-9H2,1-4H3/b6-5+. The van der Waals surface area contributed by atoms with Crippen molar-refractivity contribution in [2.75, 3.05) is 0 Å². The molecule has 82 valence electrons. The molecule has 0 atom stereocenters. The number of allylic oxidation sites excluding steroid dienone is 2. The SMILES string of the molecule is CC(C)C/C=C/CCC(=O)OC(C)C. The summed E-state index contributed by atoms with van der Waals surface area (Å²) in [7, 11) is 0. The Hall–Kier alpha value is -0.790. The molecule has 0 aromatic carbocycles. The average molecular weight is 198 g/mol. The van der Waals surface area contributed by atoms with Crippen LogP contribution in [0.15, 0.2) is 12.2 Å². The van der Waals surface area contributed by atoms with E-state index in [0.717, 1.165) is 12.8 Å². The van der Waals surface area contributed by atoms with E-state index in [9.17, 15) is 4.79 Å². The lowest BCUT2D eigenvalue weighted by Crippen LogP contribution is -2.10. The van der Waals surface area contributed by atoms with Crippen molar-refractivity contribution < 1.29 is 9.53 Å². The highest BCUT2D eigenvalue weighted by Crippen LogP contribution is 2.02. The first-order valence-corrected chi connectivity index (χ1v) is 5.36. The van der Waals surface area contributed by atoms with E-state index < -0.39 is 0 Å². The minimum absolute atomic E-state index is 0.00198. The number of carbonyl (C=O) groups is 1. The summed E-state index contributed by atoms with van der Waals surface area (Å²) in [6.07, 6.45) is 6.56. The summed E-state index contributed by atoms with van der Waals surface area (Å²) in [6, 6.07) is 0. The molecule has 0 aliphatic rings. The van der Waals surface area contributed by atoms with Gasteiger partial charge in [0.15, 0.2) is 0 Å². The zero-order chi connectivity index (χ0) is 11.0. The van der Waals surface area contributed by atoms with Crippen molar-refractivity contribution in [3.63, 3.8) is 0 Å². The van der Waals surface area contributed by atoms with Crippen molar-refractivity contribution in [2.45, 2.75) is 53.1 Å². The summed E-state index contributed by atoms with van der Waals surface area (Å²) < 4.78 is 5.01. The van der Waals surface area contributed by atoms with Crippen LogP contribution in [0.25, 0.3) is 0 Å². The molecule has 0 amide bonds. The number of rotatable bonds is 6. The van der Waals surface area contributed by atoms with Crippen molar-refractivity contribution in [3.05, 3.63) is 12.2 Å². The van der Waals surface area contributed by atoms with Gasteiger partial charge in [0.1, 0.15) is 0 Å². The van der Waals surface area contributed by atoms with Gasteiger partial charge in [-0.25, -0.2) is 0 Å². The molecule has 0 aromatic heterocycles. The molecule has 0 heterocycles. The molecule has 2 heteroatoms. The van der Waals surface area contributed by atoms with Gasteiger partial charge in [0.05, 0.1) is 6.10 Å². The van der Waals surface area contributed by atoms with E-state index in [1.807, 2.05) is 13.8 Å². The molecule has 0 aliphatic heterocycles. The summed E-state index contributed by atoms with van der Waals surface area (Å²) in [4.78, 5) is 11.1. The van der Waals surface area contributed by atoms with Gasteiger partial charge in [0.2, 0.25) is 0 Å². The summed E-state index contributed by atoms with van der Waals surface area (Å²) in [5.74, 6) is 0.586. The van der Waals surface area contributed by atoms with Crippen molar-refractivity contribution in [1.29, 1.82) is 0 Å². The second kappa shape index (κ2) is 7.60. The largest absolute Gasteiger partial charge is 0.463 e. The fraction of sp³-hybridized carbons (Fsp3) is 0.750. The van der Waals surface area contributed by atoms with Crippen molar-refractivity contribution in [3.8, 4) is 0 Å². The van der Waals surface area contributed by atoms with Crippen molar-refractivity contribution in [1.82, 2.24) is 0 Å². The smallest absolute Gasteiger partial charge is 0.306 e. The number of ether oxygens (including phenoxy) is 1. The van der Waals surface area contributed by atoms with Gasteiger partial charge in [-0.05, 0) is 32.6 Å². The number of carbonyl (C=O) groups excluding carboxylic acids is 1. The summed E-state index contributed by atoms with van der Waals surface area (Å²) in [5.41, 5.74) is 0. The molecule has 0 aromatic rings. The van der Waals surface area contributed by atoms with Crippen LogP contribution in [0.3, 0.4) is 0 Å². The minimum Gasteiger partial charge on any atom is -0.463 e. The lowest BCUT2D eigenvalue weighted by atomic mass is 10.1. The highest BCUT2D eigenvalue weighted by atomic mass is 16.5. The molecule has 0 saturated carbocycles. The van der Waals surface area contributed by atoms with E-state index in [1.165, 1.54) is 0 Å². The van der Waals surface area contributed by atoms with Crippen molar-refractivity contribution in [2.24, 2.45) is 5.92 Å². The van der Waals surface area contributed by atoms with Gasteiger partial charge in [-0.15, -0.1) is 0 Å². The fourth-order valence-corrected chi connectivity index (χ4v) is 1.01. The molecule has 0 rings (SSSR count). The number of esters is 1. The monoisotopic (exact) mass is 198 g/mol. The zero-order valence-electron chi connectivity index (χ0n) is 9.75. The molecular formula is C12H22O2. The average Bonchev–Trinajstić information content (AvgIpc) is 2.01. The van der Waals surface area contributed by atoms with Gasteiger partial charge in [-0.3, -0.25) is 4.79 Å². The Balaban J connectivity index is 3.44. The van der Waals surface area contributed by atoms with Crippen molar-refractivity contribution >= 4 is 5.97 Å². The zero-order valence-corrected chi connectivity index (χ0v) is 9.75. The van der Waals surface area contributed by atoms with Gasteiger partial charge in [0, 0.05) is 6.42 Å². The second-order valence-electron chi connectivity index (χ2n) is 4.18. The quantitative estimate of drug-likeness (QED) is 0.483. The maximum absolute atomic E-state index is 11.1. The van der Waals surface area contributed by atoms with Crippen LogP contribution in [0.4, 0.5) is 0 Å². The Morgan fingerprint density at radius 2 is 1.86 bits per heavy atom. The Morgan fingerprint density at radius 1 is 1.21 bits per heavy atom. The van der Waals surface area contributed by atoms with Gasteiger partial charge < -0.3 is 4.74 Å². The van der Waals surface area contributed by atoms with Crippen LogP contribution in [-0.4, -0.2) is 12.1 Å². The highest BCUT2D eigenvalue weighted by molar-refractivity contribution is 5.69. The van der Waals surface area contributed by atoms with Gasteiger partial charge >= 0.3 is 5.97 Å². The van der Waals surface area contributed by atoms with Crippen LogP contribution in [0.2, 0.25) is 0 Å². The lowest BCUT2D eigenvalue weighted by molar-refractivity contribution is -0.147. The molecule has 0 unspecified atom stereocenters. The van der Waals surface area contributed by atoms with E-state index in [2.05, 4.69) is 26.0 Å². The van der Waals surface area contributed by atoms with E-state index in [1.54, 1.807) is 0 Å². The number of hydrogen-bond donors (Lipinski definition) is 0. The third-order valence-corrected chi connectivity index (χ3v) is 1.66. The second-order valence-corrected chi connectivity index (χ2v) is 4.18. The third kappa shape index (κ3) is 9.30. The molecule has 0 saturated heterocycles. The highest BCUT2D eigenvalue weighted by Gasteiger charge is 2.02. The first-order chi connectivity index (χ1) is 6.52. The van der Waals surface area contributed by atoms with E-state index >= 15 is 0 Å². The summed E-state index contributed by atoms with van der Waals surface area (Å²) in [6.45, 7) is 8.09. The third-order valence-electron chi connectivity index (χ3n) is 1.66. The summed E-state index contributed by atoms with van der Waals surface area (Å²) >= 11 is 0. The molecule has 0 aliphatic carbocycles.